The molecule has 0 spiro atoms. The van der Waals surface area contributed by atoms with Gasteiger partial charge < -0.3 is 10.2 Å². The number of hydrogen-bond acceptors (Lipinski definition) is 5. The van der Waals surface area contributed by atoms with Crippen LogP contribution in [0, 0.1) is 16.0 Å². The van der Waals surface area contributed by atoms with Gasteiger partial charge in [0.2, 0.25) is 0 Å². The smallest absolute Gasteiger partial charge is 0.269 e. The Morgan fingerprint density at radius 3 is 2.33 bits per heavy atom. The molecule has 7 heteroatoms. The third-order valence-corrected chi connectivity index (χ3v) is 4.96. The third-order valence-electron chi connectivity index (χ3n) is 4.96. The molecule has 0 bridgehead atoms. The normalized spacial score (nSPS) is 20.1. The van der Waals surface area contributed by atoms with Gasteiger partial charge in [-0.05, 0) is 44.0 Å². The first-order chi connectivity index (χ1) is 11.6. The number of benzene rings is 1. The summed E-state index contributed by atoms with van der Waals surface area (Å²) < 4.78 is 0. The summed E-state index contributed by atoms with van der Waals surface area (Å²) in [6.45, 7) is 6.61. The Morgan fingerprint density at radius 2 is 1.75 bits per heavy atom. The van der Waals surface area contributed by atoms with Crippen LogP contribution in [0.3, 0.4) is 0 Å². The van der Waals surface area contributed by atoms with Crippen LogP contribution in [0.5, 0.6) is 0 Å². The standard InChI is InChI=1S/C17H24N4O3/c22-17(15-1-3-16(4-2-15)21(23)24)20-11-9-19(10-12-20)13-14-5-7-18-8-6-14/h1-4,14,18H,5-13H2. The fourth-order valence-corrected chi connectivity index (χ4v) is 3.47. The second kappa shape index (κ2) is 7.72. The molecule has 0 radical (unpaired) electrons. The van der Waals surface area contributed by atoms with E-state index in [4.69, 9.17) is 0 Å². The van der Waals surface area contributed by atoms with E-state index in [2.05, 4.69) is 10.2 Å². The molecule has 2 heterocycles. The number of nitro groups is 1. The van der Waals surface area contributed by atoms with Gasteiger partial charge in [-0.25, -0.2) is 0 Å². The lowest BCUT2D eigenvalue weighted by atomic mass is 9.97. The van der Waals surface area contributed by atoms with Crippen LogP contribution in [-0.4, -0.2) is 66.4 Å². The van der Waals surface area contributed by atoms with Gasteiger partial charge in [-0.1, -0.05) is 0 Å². The minimum Gasteiger partial charge on any atom is -0.336 e. The van der Waals surface area contributed by atoms with Crippen molar-refractivity contribution in [2.24, 2.45) is 5.92 Å². The van der Waals surface area contributed by atoms with Crippen molar-refractivity contribution < 1.29 is 9.72 Å². The highest BCUT2D eigenvalue weighted by Gasteiger charge is 2.24. The predicted molar refractivity (Wildman–Crippen MR) is 91.0 cm³/mol. The minimum absolute atomic E-state index is 0.0124. The van der Waals surface area contributed by atoms with Crippen LogP contribution in [0.2, 0.25) is 0 Å². The molecular formula is C17H24N4O3. The number of piperazine rings is 1. The summed E-state index contributed by atoms with van der Waals surface area (Å²) in [6, 6.07) is 5.87. The molecule has 24 heavy (non-hydrogen) atoms. The Kier molecular flexibility index (Phi) is 5.42. The molecule has 0 aromatic heterocycles. The zero-order valence-corrected chi connectivity index (χ0v) is 13.8. The molecule has 0 atom stereocenters. The van der Waals surface area contributed by atoms with Crippen molar-refractivity contribution in [2.75, 3.05) is 45.8 Å². The summed E-state index contributed by atoms with van der Waals surface area (Å²) in [5.74, 6) is 0.731. The van der Waals surface area contributed by atoms with Gasteiger partial charge in [0.25, 0.3) is 11.6 Å². The number of carbonyl (C=O) groups is 1. The summed E-state index contributed by atoms with van der Waals surface area (Å²) >= 11 is 0. The average Bonchev–Trinajstić information content (AvgIpc) is 2.63. The lowest BCUT2D eigenvalue weighted by Gasteiger charge is -2.37. The first-order valence-electron chi connectivity index (χ1n) is 8.60. The fourth-order valence-electron chi connectivity index (χ4n) is 3.47. The molecule has 3 rings (SSSR count). The van der Waals surface area contributed by atoms with Crippen molar-refractivity contribution >= 4 is 11.6 Å². The molecule has 1 aromatic carbocycles. The fraction of sp³-hybridized carbons (Fsp3) is 0.588. The van der Waals surface area contributed by atoms with Crippen molar-refractivity contribution in [3.05, 3.63) is 39.9 Å². The first kappa shape index (κ1) is 16.9. The van der Waals surface area contributed by atoms with Crippen LogP contribution in [0.4, 0.5) is 5.69 Å². The first-order valence-corrected chi connectivity index (χ1v) is 8.60. The molecule has 1 amide bonds. The molecule has 2 aliphatic heterocycles. The van der Waals surface area contributed by atoms with Crippen LogP contribution in [0.1, 0.15) is 23.2 Å². The number of nitro benzene ring substituents is 1. The second-order valence-electron chi connectivity index (χ2n) is 6.59. The molecule has 0 unspecified atom stereocenters. The summed E-state index contributed by atoms with van der Waals surface area (Å²) in [5.41, 5.74) is 0.533. The van der Waals surface area contributed by atoms with E-state index in [1.54, 1.807) is 12.1 Å². The molecule has 1 aromatic rings. The van der Waals surface area contributed by atoms with Crippen LogP contribution in [-0.2, 0) is 0 Å². The van der Waals surface area contributed by atoms with E-state index in [1.807, 2.05) is 4.90 Å². The largest absolute Gasteiger partial charge is 0.336 e. The third kappa shape index (κ3) is 4.10. The molecule has 2 fully saturated rings. The Hall–Kier alpha value is -1.99. The average molecular weight is 332 g/mol. The van der Waals surface area contributed by atoms with Gasteiger partial charge >= 0.3 is 0 Å². The zero-order valence-electron chi connectivity index (χ0n) is 13.8. The van der Waals surface area contributed by atoms with Crippen molar-refractivity contribution in [3.63, 3.8) is 0 Å². The van der Waals surface area contributed by atoms with Gasteiger partial charge in [0.1, 0.15) is 0 Å². The van der Waals surface area contributed by atoms with E-state index in [0.29, 0.717) is 5.56 Å². The topological polar surface area (TPSA) is 78.7 Å². The van der Waals surface area contributed by atoms with Crippen LogP contribution >= 0.6 is 0 Å². The lowest BCUT2D eigenvalue weighted by Crippen LogP contribution is -2.50. The molecule has 2 saturated heterocycles. The van der Waals surface area contributed by atoms with Crippen LogP contribution in [0.15, 0.2) is 24.3 Å². The summed E-state index contributed by atoms with van der Waals surface area (Å²) in [4.78, 5) is 27.0. The molecular weight excluding hydrogens is 308 g/mol. The van der Waals surface area contributed by atoms with Crippen molar-refractivity contribution in [2.45, 2.75) is 12.8 Å². The molecule has 7 nitrogen and oxygen atoms in total. The van der Waals surface area contributed by atoms with Crippen molar-refractivity contribution in [1.82, 2.24) is 15.1 Å². The number of amides is 1. The predicted octanol–water partition coefficient (Wildman–Crippen LogP) is 1.35. The Bertz CT molecular complexity index is 576. The quantitative estimate of drug-likeness (QED) is 0.665. The summed E-state index contributed by atoms with van der Waals surface area (Å²) in [5, 5.41) is 14.1. The highest BCUT2D eigenvalue weighted by atomic mass is 16.6. The van der Waals surface area contributed by atoms with Gasteiger partial charge in [0.15, 0.2) is 0 Å². The van der Waals surface area contributed by atoms with Gasteiger partial charge in [0, 0.05) is 50.4 Å². The summed E-state index contributed by atoms with van der Waals surface area (Å²) in [7, 11) is 0. The monoisotopic (exact) mass is 332 g/mol. The van der Waals surface area contributed by atoms with E-state index >= 15 is 0 Å². The lowest BCUT2D eigenvalue weighted by molar-refractivity contribution is -0.384. The highest BCUT2D eigenvalue weighted by Crippen LogP contribution is 2.17. The van der Waals surface area contributed by atoms with E-state index < -0.39 is 4.92 Å². The number of nitrogens with one attached hydrogen (secondary N) is 1. The minimum atomic E-state index is -0.451. The molecule has 2 aliphatic rings. The molecule has 0 saturated carbocycles. The van der Waals surface area contributed by atoms with Gasteiger partial charge in [-0.3, -0.25) is 19.8 Å². The number of piperidine rings is 1. The second-order valence-corrected chi connectivity index (χ2v) is 6.59. The van der Waals surface area contributed by atoms with E-state index in [-0.39, 0.29) is 11.6 Å². The van der Waals surface area contributed by atoms with Gasteiger partial charge in [-0.2, -0.15) is 0 Å². The van der Waals surface area contributed by atoms with E-state index in [1.165, 1.54) is 25.0 Å². The Morgan fingerprint density at radius 1 is 1.12 bits per heavy atom. The Balaban J connectivity index is 1.50. The Labute approximate surface area is 141 Å². The number of non-ortho nitro benzene ring substituents is 1. The number of carbonyl (C=O) groups excluding carboxylic acids is 1. The maximum absolute atomic E-state index is 12.5. The maximum atomic E-state index is 12.5. The van der Waals surface area contributed by atoms with Gasteiger partial charge in [-0.15, -0.1) is 0 Å². The SMILES string of the molecule is O=C(c1ccc([N+](=O)[O-])cc1)N1CCN(CC2CCNCC2)CC1. The van der Waals surface area contributed by atoms with Gasteiger partial charge in [0.05, 0.1) is 4.92 Å². The molecule has 0 aliphatic carbocycles. The zero-order chi connectivity index (χ0) is 16.9. The number of nitrogens with zero attached hydrogens (tertiary/aromatic N) is 3. The van der Waals surface area contributed by atoms with E-state index in [9.17, 15) is 14.9 Å². The van der Waals surface area contributed by atoms with Crippen LogP contribution < -0.4 is 5.32 Å². The summed E-state index contributed by atoms with van der Waals surface area (Å²) in [6.07, 6.45) is 2.48. The maximum Gasteiger partial charge on any atom is 0.269 e. The number of rotatable bonds is 4. The van der Waals surface area contributed by atoms with Crippen LogP contribution in [0.25, 0.3) is 0 Å². The molecule has 1 N–H and O–H groups in total. The van der Waals surface area contributed by atoms with Crippen molar-refractivity contribution in [3.8, 4) is 0 Å². The highest BCUT2D eigenvalue weighted by molar-refractivity contribution is 5.94. The van der Waals surface area contributed by atoms with Crippen molar-refractivity contribution in [1.29, 1.82) is 0 Å². The number of hydrogen-bond donors (Lipinski definition) is 1. The molecule has 130 valence electrons. The van der Waals surface area contributed by atoms with E-state index in [0.717, 1.165) is 51.7 Å².